The van der Waals surface area contributed by atoms with Gasteiger partial charge >= 0.3 is 0 Å². The lowest BCUT2D eigenvalue weighted by atomic mass is 10.1. The highest BCUT2D eigenvalue weighted by molar-refractivity contribution is 4.86. The molecular weight excluding hydrogens is 143 g/mol. The van der Waals surface area contributed by atoms with Gasteiger partial charge in [0.1, 0.15) is 0 Å². The Morgan fingerprint density at radius 2 is 2.18 bits per heavy atom. The highest BCUT2D eigenvalue weighted by atomic mass is 19.1. The van der Waals surface area contributed by atoms with Crippen molar-refractivity contribution in [1.82, 2.24) is 5.32 Å². The zero-order valence-corrected chi connectivity index (χ0v) is 7.10. The Labute approximate surface area is 67.4 Å². The van der Waals surface area contributed by atoms with Crippen LogP contribution < -0.4 is 5.32 Å². The molecule has 0 aromatic rings. The zero-order chi connectivity index (χ0) is 8.69. The van der Waals surface area contributed by atoms with Gasteiger partial charge in [0.2, 0.25) is 0 Å². The number of rotatable bonds is 5. The molecule has 0 radical (unpaired) electrons. The summed E-state index contributed by atoms with van der Waals surface area (Å²) in [4.78, 5) is 0. The van der Waals surface area contributed by atoms with Crippen molar-refractivity contribution in [3.63, 3.8) is 0 Å². The van der Waals surface area contributed by atoms with E-state index in [-0.39, 0.29) is 18.6 Å². The highest BCUT2D eigenvalue weighted by Crippen LogP contribution is 1.99. The maximum atomic E-state index is 11.6. The van der Waals surface area contributed by atoms with Gasteiger partial charge in [0.15, 0.2) is 0 Å². The van der Waals surface area contributed by atoms with Crippen LogP contribution in [0.1, 0.15) is 20.3 Å². The second-order valence-corrected chi connectivity index (χ2v) is 2.70. The second kappa shape index (κ2) is 6.11. The van der Waals surface area contributed by atoms with Gasteiger partial charge in [0.05, 0.1) is 18.7 Å². The van der Waals surface area contributed by atoms with Gasteiger partial charge in [-0.25, -0.2) is 0 Å². The molecule has 0 saturated carbocycles. The lowest BCUT2D eigenvalue weighted by molar-refractivity contribution is 0.418. The summed E-state index contributed by atoms with van der Waals surface area (Å²) in [6.45, 7) is 4.16. The summed E-state index contributed by atoms with van der Waals surface area (Å²) >= 11 is 0. The number of hydrogen-bond acceptors (Lipinski definition) is 2. The minimum Gasteiger partial charge on any atom is -0.313 e. The first-order valence-electron chi connectivity index (χ1n) is 3.91. The third-order valence-corrected chi connectivity index (χ3v) is 1.73. The lowest BCUT2D eigenvalue weighted by Crippen LogP contribution is -2.32. The first-order valence-corrected chi connectivity index (χ1v) is 3.91. The number of nitrogens with one attached hydrogen (secondary N) is 1. The average Bonchev–Trinajstić information content (AvgIpc) is 2.03. The molecule has 3 heteroatoms. The first kappa shape index (κ1) is 10.4. The molecule has 0 fully saturated rings. The van der Waals surface area contributed by atoms with Gasteiger partial charge in [0, 0.05) is 6.04 Å². The SMILES string of the molecule is CC(NCCCF)[C@H](C)C#N. The molecule has 11 heavy (non-hydrogen) atoms. The van der Waals surface area contributed by atoms with Crippen molar-refractivity contribution < 1.29 is 4.39 Å². The van der Waals surface area contributed by atoms with E-state index in [9.17, 15) is 4.39 Å². The van der Waals surface area contributed by atoms with Crippen LogP contribution in [0.5, 0.6) is 0 Å². The molecule has 0 aliphatic carbocycles. The van der Waals surface area contributed by atoms with Crippen molar-refractivity contribution in [3.05, 3.63) is 0 Å². The van der Waals surface area contributed by atoms with Gasteiger partial charge in [-0.05, 0) is 26.8 Å². The Balaban J connectivity index is 3.37. The monoisotopic (exact) mass is 158 g/mol. The van der Waals surface area contributed by atoms with Crippen molar-refractivity contribution in [3.8, 4) is 6.07 Å². The molecule has 0 aromatic carbocycles. The minimum atomic E-state index is -0.291. The standard InChI is InChI=1S/C8H15FN2/c1-7(6-10)8(2)11-5-3-4-9/h7-8,11H,3-5H2,1-2H3/t7-,8?/m1/s1. The molecular formula is C8H15FN2. The topological polar surface area (TPSA) is 35.8 Å². The van der Waals surface area contributed by atoms with Crippen molar-refractivity contribution >= 4 is 0 Å². The van der Waals surface area contributed by atoms with Crippen molar-refractivity contribution in [2.75, 3.05) is 13.2 Å². The summed E-state index contributed by atoms with van der Waals surface area (Å²) in [7, 11) is 0. The number of alkyl halides is 1. The van der Waals surface area contributed by atoms with Gasteiger partial charge in [-0.1, -0.05) is 0 Å². The van der Waals surface area contributed by atoms with E-state index in [4.69, 9.17) is 5.26 Å². The summed E-state index contributed by atoms with van der Waals surface area (Å²) in [6.07, 6.45) is 0.530. The molecule has 0 aliphatic heterocycles. The summed E-state index contributed by atoms with van der Waals surface area (Å²) in [5, 5.41) is 11.6. The van der Waals surface area contributed by atoms with Crippen LogP contribution in [0.25, 0.3) is 0 Å². The fourth-order valence-corrected chi connectivity index (χ4v) is 0.685. The van der Waals surface area contributed by atoms with Gasteiger partial charge in [0.25, 0.3) is 0 Å². The summed E-state index contributed by atoms with van der Waals surface area (Å²) in [6, 6.07) is 2.29. The van der Waals surface area contributed by atoms with E-state index in [0.29, 0.717) is 13.0 Å². The van der Waals surface area contributed by atoms with Crippen molar-refractivity contribution in [2.24, 2.45) is 5.92 Å². The Morgan fingerprint density at radius 1 is 1.55 bits per heavy atom. The molecule has 2 nitrogen and oxygen atoms in total. The third kappa shape index (κ3) is 4.74. The van der Waals surface area contributed by atoms with E-state index in [0.717, 1.165) is 0 Å². The van der Waals surface area contributed by atoms with Crippen LogP contribution in [0.4, 0.5) is 4.39 Å². The van der Waals surface area contributed by atoms with E-state index in [2.05, 4.69) is 11.4 Å². The molecule has 0 aromatic heterocycles. The molecule has 0 aliphatic rings. The highest BCUT2D eigenvalue weighted by Gasteiger charge is 2.08. The van der Waals surface area contributed by atoms with Crippen LogP contribution in [0.15, 0.2) is 0 Å². The Hall–Kier alpha value is -0.620. The maximum Gasteiger partial charge on any atom is 0.0906 e. The second-order valence-electron chi connectivity index (χ2n) is 2.70. The van der Waals surface area contributed by atoms with E-state index < -0.39 is 0 Å². The number of hydrogen-bond donors (Lipinski definition) is 1. The number of nitriles is 1. The maximum absolute atomic E-state index is 11.6. The molecule has 0 bridgehead atoms. The molecule has 0 rings (SSSR count). The van der Waals surface area contributed by atoms with Crippen LogP contribution in [-0.4, -0.2) is 19.3 Å². The van der Waals surface area contributed by atoms with Crippen molar-refractivity contribution in [2.45, 2.75) is 26.3 Å². The normalized spacial score (nSPS) is 15.5. The van der Waals surface area contributed by atoms with Crippen LogP contribution >= 0.6 is 0 Å². The van der Waals surface area contributed by atoms with Crippen LogP contribution in [0.2, 0.25) is 0 Å². The quantitative estimate of drug-likeness (QED) is 0.615. The fourth-order valence-electron chi connectivity index (χ4n) is 0.685. The van der Waals surface area contributed by atoms with Crippen LogP contribution in [0, 0.1) is 17.2 Å². The predicted molar refractivity (Wildman–Crippen MR) is 42.8 cm³/mol. The molecule has 0 amide bonds. The molecule has 0 spiro atoms. The summed E-state index contributed by atoms with van der Waals surface area (Å²) in [5.74, 6) is -0.00499. The van der Waals surface area contributed by atoms with Gasteiger partial charge in [-0.2, -0.15) is 5.26 Å². The largest absolute Gasteiger partial charge is 0.313 e. The number of halogens is 1. The molecule has 0 heterocycles. The summed E-state index contributed by atoms with van der Waals surface area (Å²) in [5.41, 5.74) is 0. The molecule has 64 valence electrons. The third-order valence-electron chi connectivity index (χ3n) is 1.73. The van der Waals surface area contributed by atoms with E-state index in [1.54, 1.807) is 0 Å². The van der Waals surface area contributed by atoms with Gasteiger partial charge in [-0.3, -0.25) is 4.39 Å². The van der Waals surface area contributed by atoms with Crippen LogP contribution in [0.3, 0.4) is 0 Å². The Kier molecular flexibility index (Phi) is 5.77. The molecule has 1 N–H and O–H groups in total. The zero-order valence-electron chi connectivity index (χ0n) is 7.10. The smallest absolute Gasteiger partial charge is 0.0906 e. The molecule has 1 unspecified atom stereocenters. The van der Waals surface area contributed by atoms with Crippen molar-refractivity contribution in [1.29, 1.82) is 5.26 Å². The average molecular weight is 158 g/mol. The van der Waals surface area contributed by atoms with E-state index in [1.807, 2.05) is 13.8 Å². The Bertz CT molecular complexity index is 131. The van der Waals surface area contributed by atoms with Crippen LogP contribution in [-0.2, 0) is 0 Å². The number of nitrogens with zero attached hydrogens (tertiary/aromatic N) is 1. The predicted octanol–water partition coefficient (Wildman–Crippen LogP) is 1.48. The lowest BCUT2D eigenvalue weighted by Gasteiger charge is -2.14. The fraction of sp³-hybridized carbons (Fsp3) is 0.875. The molecule has 2 atom stereocenters. The van der Waals surface area contributed by atoms with Gasteiger partial charge in [-0.15, -0.1) is 0 Å². The van der Waals surface area contributed by atoms with E-state index in [1.165, 1.54) is 0 Å². The molecule has 0 saturated heterocycles. The Morgan fingerprint density at radius 3 is 2.64 bits per heavy atom. The first-order chi connectivity index (χ1) is 5.22. The minimum absolute atomic E-state index is 0.00499. The van der Waals surface area contributed by atoms with Gasteiger partial charge < -0.3 is 5.32 Å². The van der Waals surface area contributed by atoms with E-state index >= 15 is 0 Å². The summed E-state index contributed by atoms with van der Waals surface area (Å²) < 4.78 is 11.6.